The number of carbonyl (C=O) groups is 1. The molecule has 0 aliphatic heterocycles. The van der Waals surface area contributed by atoms with E-state index in [-0.39, 0.29) is 11.7 Å². The molecule has 0 N–H and O–H groups in total. The van der Waals surface area contributed by atoms with Gasteiger partial charge in [-0.3, -0.25) is 4.79 Å². The van der Waals surface area contributed by atoms with E-state index < -0.39 is 0 Å². The van der Waals surface area contributed by atoms with Gasteiger partial charge in [0.25, 0.3) is 0 Å². The van der Waals surface area contributed by atoms with Crippen LogP contribution >= 0.6 is 0 Å². The van der Waals surface area contributed by atoms with Crippen LogP contribution in [0.2, 0.25) is 0 Å². The van der Waals surface area contributed by atoms with E-state index in [9.17, 15) is 4.79 Å². The van der Waals surface area contributed by atoms with E-state index in [0.717, 1.165) is 19.3 Å². The maximum Gasteiger partial charge on any atom is 0.165 e. The summed E-state index contributed by atoms with van der Waals surface area (Å²) in [4.78, 5) is 11.6. The molecule has 0 saturated heterocycles. The fourth-order valence-corrected chi connectivity index (χ4v) is 1.42. The number of hydrogen-bond acceptors (Lipinski definition) is 1. The Morgan fingerprint density at radius 1 is 1.46 bits per heavy atom. The number of hydrogen-bond donors (Lipinski definition) is 0. The highest BCUT2D eigenvalue weighted by Crippen LogP contribution is 2.15. The van der Waals surface area contributed by atoms with Crippen molar-refractivity contribution in [1.29, 1.82) is 0 Å². The molecule has 0 aromatic carbocycles. The van der Waals surface area contributed by atoms with Crippen LogP contribution in [0.3, 0.4) is 0 Å². The SMILES string of the molecule is C=C1/C=C\C=C/CCCC(C)C1=O. The summed E-state index contributed by atoms with van der Waals surface area (Å²) in [6, 6.07) is 0. The fraction of sp³-hybridized carbons (Fsp3) is 0.417. The molecule has 1 unspecified atom stereocenters. The molecule has 0 amide bonds. The van der Waals surface area contributed by atoms with E-state index in [1.165, 1.54) is 0 Å². The van der Waals surface area contributed by atoms with Crippen LogP contribution in [-0.2, 0) is 4.79 Å². The van der Waals surface area contributed by atoms with Crippen LogP contribution in [0.15, 0.2) is 36.5 Å². The smallest absolute Gasteiger partial charge is 0.165 e. The van der Waals surface area contributed by atoms with Gasteiger partial charge in [-0.25, -0.2) is 0 Å². The summed E-state index contributed by atoms with van der Waals surface area (Å²) in [5.41, 5.74) is 0.624. The molecule has 0 saturated carbocycles. The van der Waals surface area contributed by atoms with E-state index in [2.05, 4.69) is 12.7 Å². The predicted molar refractivity (Wildman–Crippen MR) is 55.4 cm³/mol. The van der Waals surface area contributed by atoms with E-state index >= 15 is 0 Å². The summed E-state index contributed by atoms with van der Waals surface area (Å²) >= 11 is 0. The molecule has 0 radical (unpaired) electrons. The van der Waals surface area contributed by atoms with Gasteiger partial charge in [-0.15, -0.1) is 0 Å². The number of carbonyl (C=O) groups excluding carboxylic acids is 1. The van der Waals surface area contributed by atoms with Crippen molar-refractivity contribution >= 4 is 5.78 Å². The zero-order chi connectivity index (χ0) is 9.68. The van der Waals surface area contributed by atoms with Crippen molar-refractivity contribution < 1.29 is 4.79 Å². The topological polar surface area (TPSA) is 17.1 Å². The molecule has 0 heterocycles. The first-order chi connectivity index (χ1) is 6.22. The summed E-state index contributed by atoms with van der Waals surface area (Å²) in [7, 11) is 0. The lowest BCUT2D eigenvalue weighted by atomic mass is 9.94. The minimum atomic E-state index is 0.128. The average Bonchev–Trinajstić information content (AvgIpc) is 2.13. The molecule has 0 aromatic heterocycles. The molecule has 0 aromatic rings. The lowest BCUT2D eigenvalue weighted by Crippen LogP contribution is -2.12. The third-order valence-electron chi connectivity index (χ3n) is 2.32. The molecule has 13 heavy (non-hydrogen) atoms. The lowest BCUT2D eigenvalue weighted by molar-refractivity contribution is -0.118. The van der Waals surface area contributed by atoms with Crippen molar-refractivity contribution in [3.63, 3.8) is 0 Å². The number of rotatable bonds is 0. The van der Waals surface area contributed by atoms with Crippen LogP contribution in [0, 0.1) is 5.92 Å². The zero-order valence-corrected chi connectivity index (χ0v) is 8.12. The Kier molecular flexibility index (Phi) is 3.69. The minimum Gasteiger partial charge on any atom is -0.294 e. The van der Waals surface area contributed by atoms with Gasteiger partial charge in [0.1, 0.15) is 0 Å². The molecule has 0 spiro atoms. The standard InChI is InChI=1S/C12H16O/c1-10-8-6-4-3-5-7-9-11(2)12(10)13/h3-4,6,8,11H,1,5,7,9H2,2H3/b4-3-,8-6-. The second kappa shape index (κ2) is 4.80. The van der Waals surface area contributed by atoms with Gasteiger partial charge in [0.2, 0.25) is 0 Å². The third-order valence-corrected chi connectivity index (χ3v) is 2.32. The molecule has 1 aliphatic carbocycles. The molecule has 1 heteroatoms. The van der Waals surface area contributed by atoms with E-state index in [0.29, 0.717) is 5.57 Å². The molecule has 0 fully saturated rings. The molecule has 1 aliphatic rings. The highest BCUT2D eigenvalue weighted by atomic mass is 16.1. The summed E-state index contributed by atoms with van der Waals surface area (Å²) in [5, 5.41) is 0. The van der Waals surface area contributed by atoms with Crippen molar-refractivity contribution in [2.24, 2.45) is 5.92 Å². The van der Waals surface area contributed by atoms with E-state index in [4.69, 9.17) is 0 Å². The number of Topliss-reactive ketones (excluding diaryl/α,β-unsaturated/α-hetero) is 1. The largest absolute Gasteiger partial charge is 0.294 e. The first kappa shape index (κ1) is 9.97. The van der Waals surface area contributed by atoms with Crippen molar-refractivity contribution in [2.75, 3.05) is 0 Å². The maximum atomic E-state index is 11.6. The zero-order valence-electron chi connectivity index (χ0n) is 8.12. The van der Waals surface area contributed by atoms with Crippen LogP contribution in [-0.4, -0.2) is 5.78 Å². The van der Waals surface area contributed by atoms with Gasteiger partial charge in [-0.05, 0) is 19.3 Å². The first-order valence-electron chi connectivity index (χ1n) is 4.78. The lowest BCUT2D eigenvalue weighted by Gasteiger charge is -2.09. The molecular formula is C12H16O. The quantitative estimate of drug-likeness (QED) is 0.518. The first-order valence-corrected chi connectivity index (χ1v) is 4.78. The van der Waals surface area contributed by atoms with Gasteiger partial charge in [0, 0.05) is 11.5 Å². The Bertz CT molecular complexity index is 258. The Labute approximate surface area is 79.8 Å². The molecule has 1 atom stereocenters. The average molecular weight is 176 g/mol. The van der Waals surface area contributed by atoms with Crippen molar-refractivity contribution in [3.8, 4) is 0 Å². The van der Waals surface area contributed by atoms with Gasteiger partial charge < -0.3 is 0 Å². The Morgan fingerprint density at radius 3 is 3.00 bits per heavy atom. The van der Waals surface area contributed by atoms with Crippen molar-refractivity contribution in [1.82, 2.24) is 0 Å². The van der Waals surface area contributed by atoms with Gasteiger partial charge >= 0.3 is 0 Å². The van der Waals surface area contributed by atoms with Crippen molar-refractivity contribution in [3.05, 3.63) is 36.5 Å². The summed E-state index contributed by atoms with van der Waals surface area (Å²) in [5.74, 6) is 0.315. The highest BCUT2D eigenvalue weighted by molar-refractivity contribution is 5.98. The van der Waals surface area contributed by atoms with Gasteiger partial charge in [0.15, 0.2) is 5.78 Å². The Morgan fingerprint density at radius 2 is 2.23 bits per heavy atom. The molecule has 1 rings (SSSR count). The maximum absolute atomic E-state index is 11.6. The van der Waals surface area contributed by atoms with Crippen LogP contribution in [0.5, 0.6) is 0 Å². The van der Waals surface area contributed by atoms with Crippen LogP contribution < -0.4 is 0 Å². The van der Waals surface area contributed by atoms with Crippen LogP contribution in [0.1, 0.15) is 26.2 Å². The fourth-order valence-electron chi connectivity index (χ4n) is 1.42. The Balaban J connectivity index is 2.74. The summed E-state index contributed by atoms with van der Waals surface area (Å²) < 4.78 is 0. The Hall–Kier alpha value is -1.11. The van der Waals surface area contributed by atoms with Gasteiger partial charge in [-0.1, -0.05) is 37.8 Å². The van der Waals surface area contributed by atoms with Gasteiger partial charge in [-0.2, -0.15) is 0 Å². The normalized spacial score (nSPS) is 29.8. The minimum absolute atomic E-state index is 0.128. The monoisotopic (exact) mass is 176 g/mol. The molecule has 70 valence electrons. The molecule has 1 nitrogen and oxygen atoms in total. The van der Waals surface area contributed by atoms with E-state index in [1.807, 2.05) is 19.1 Å². The predicted octanol–water partition coefficient (Wildman–Crippen LogP) is 3.04. The van der Waals surface area contributed by atoms with Crippen LogP contribution in [0.4, 0.5) is 0 Å². The summed E-state index contributed by atoms with van der Waals surface area (Å²) in [6.45, 7) is 5.73. The van der Waals surface area contributed by atoms with E-state index in [1.54, 1.807) is 6.08 Å². The molecular weight excluding hydrogens is 160 g/mol. The number of allylic oxidation sites excluding steroid dienone is 5. The number of ketones is 1. The molecule has 0 bridgehead atoms. The highest BCUT2D eigenvalue weighted by Gasteiger charge is 2.13. The second-order valence-electron chi connectivity index (χ2n) is 3.51. The second-order valence-corrected chi connectivity index (χ2v) is 3.51. The van der Waals surface area contributed by atoms with Crippen molar-refractivity contribution in [2.45, 2.75) is 26.2 Å². The third kappa shape index (κ3) is 3.02. The van der Waals surface area contributed by atoms with Crippen LogP contribution in [0.25, 0.3) is 0 Å². The summed E-state index contributed by atoms with van der Waals surface area (Å²) in [6.07, 6.45) is 10.9. The van der Waals surface area contributed by atoms with Gasteiger partial charge in [0.05, 0.1) is 0 Å².